The molecule has 164 valence electrons. The Bertz CT molecular complexity index is 960. The molecule has 1 aliphatic rings. The number of oxime groups is 1. The highest BCUT2D eigenvalue weighted by atomic mass is 19.1. The molecule has 1 amide bonds. The number of nitrogens with zero attached hydrogens (tertiary/aromatic N) is 4. The van der Waals surface area contributed by atoms with Crippen molar-refractivity contribution < 1.29 is 23.9 Å². The maximum absolute atomic E-state index is 14.8. The van der Waals surface area contributed by atoms with Gasteiger partial charge >= 0.3 is 6.09 Å². The Morgan fingerprint density at radius 3 is 2.77 bits per heavy atom. The summed E-state index contributed by atoms with van der Waals surface area (Å²) >= 11 is 0. The molecule has 1 aliphatic heterocycles. The number of ether oxygens (including phenoxy) is 1. The fourth-order valence-corrected chi connectivity index (χ4v) is 2.69. The van der Waals surface area contributed by atoms with Gasteiger partial charge in [-0.15, -0.1) is 0 Å². The van der Waals surface area contributed by atoms with Crippen molar-refractivity contribution in [2.45, 2.75) is 13.0 Å². The van der Waals surface area contributed by atoms with E-state index < -0.39 is 17.9 Å². The number of alkyl carbamates (subject to hydrolysis) is 1. The number of carbonyl (C=O) groups is 1. The second-order valence-corrected chi connectivity index (χ2v) is 6.59. The first kappa shape index (κ1) is 21.9. The van der Waals surface area contributed by atoms with E-state index >= 15 is 0 Å². The van der Waals surface area contributed by atoms with Crippen molar-refractivity contribution in [3.63, 3.8) is 0 Å². The van der Waals surface area contributed by atoms with Crippen LogP contribution in [0.3, 0.4) is 0 Å². The molecular weight excluding hydrogens is 409 g/mol. The minimum absolute atomic E-state index is 0.0584. The van der Waals surface area contributed by atoms with Gasteiger partial charge in [-0.2, -0.15) is 0 Å². The number of benzene rings is 1. The van der Waals surface area contributed by atoms with E-state index in [0.29, 0.717) is 37.6 Å². The number of hydrogen-bond acceptors (Lipinski definition) is 9. The molecule has 12 heteroatoms. The van der Waals surface area contributed by atoms with Crippen LogP contribution in [0.1, 0.15) is 12.0 Å². The number of hydrogen-bond donors (Lipinski definition) is 4. The largest absolute Gasteiger partial charge is 0.444 e. The number of nitrogens with one attached hydrogen (secondary N) is 2. The normalized spacial score (nSPS) is 12.7. The van der Waals surface area contributed by atoms with Crippen LogP contribution < -0.4 is 16.0 Å². The Balaban J connectivity index is 1.60. The van der Waals surface area contributed by atoms with E-state index in [4.69, 9.17) is 25.8 Å². The molecule has 1 aromatic carbocycles. The summed E-state index contributed by atoms with van der Waals surface area (Å²) in [5.41, 5.74) is 6.78. The predicted molar refractivity (Wildman–Crippen MR) is 110 cm³/mol. The summed E-state index contributed by atoms with van der Waals surface area (Å²) in [6.45, 7) is 1.16. The van der Waals surface area contributed by atoms with Crippen molar-refractivity contribution >= 4 is 23.7 Å². The van der Waals surface area contributed by atoms with Gasteiger partial charge in [0.1, 0.15) is 19.0 Å². The van der Waals surface area contributed by atoms with Crippen LogP contribution in [0.4, 0.5) is 15.1 Å². The van der Waals surface area contributed by atoms with Gasteiger partial charge in [0.05, 0.1) is 18.8 Å². The third kappa shape index (κ3) is 5.85. The molecule has 0 saturated carbocycles. The van der Waals surface area contributed by atoms with Gasteiger partial charge in [-0.25, -0.2) is 19.2 Å². The third-order valence-electron chi connectivity index (χ3n) is 4.24. The summed E-state index contributed by atoms with van der Waals surface area (Å²) in [6, 6.07) is 4.69. The number of anilines is 1. The molecule has 0 atom stereocenters. The summed E-state index contributed by atoms with van der Waals surface area (Å²) in [5, 5.41) is 21.6. The number of carbonyl (C=O) groups excluding carboxylic acids is 1. The molecule has 1 aromatic heterocycles. The molecule has 0 radical (unpaired) electrons. The second-order valence-electron chi connectivity index (χ2n) is 6.59. The molecule has 0 aliphatic carbocycles. The summed E-state index contributed by atoms with van der Waals surface area (Å²) < 4.78 is 19.7. The Morgan fingerprint density at radius 2 is 2.10 bits per heavy atom. The lowest BCUT2D eigenvalue weighted by Gasteiger charge is -2.31. The molecule has 0 spiro atoms. The molecule has 2 heterocycles. The number of amides is 1. The maximum Gasteiger partial charge on any atom is 0.414 e. The van der Waals surface area contributed by atoms with Gasteiger partial charge in [-0.05, 0) is 0 Å². The van der Waals surface area contributed by atoms with Crippen LogP contribution in [0.5, 0.6) is 0 Å². The molecule has 1 saturated heterocycles. The zero-order valence-corrected chi connectivity index (χ0v) is 16.5. The Morgan fingerprint density at radius 1 is 1.35 bits per heavy atom. The minimum atomic E-state index is -0.943. The number of halogens is 1. The van der Waals surface area contributed by atoms with Crippen LogP contribution in [0, 0.1) is 11.2 Å². The monoisotopic (exact) mass is 431 g/mol. The van der Waals surface area contributed by atoms with E-state index in [1.54, 1.807) is 12.1 Å². The van der Waals surface area contributed by atoms with Crippen molar-refractivity contribution in [2.24, 2.45) is 10.9 Å². The van der Waals surface area contributed by atoms with E-state index in [1.165, 1.54) is 18.5 Å². The third-order valence-corrected chi connectivity index (χ3v) is 4.24. The predicted octanol–water partition coefficient (Wildman–Crippen LogP) is 0.977. The number of nitrogens with two attached hydrogens (primary N) is 1. The topological polar surface area (TPSA) is 159 Å². The second kappa shape index (κ2) is 10.3. The van der Waals surface area contributed by atoms with Crippen LogP contribution in [0.15, 0.2) is 35.7 Å². The summed E-state index contributed by atoms with van der Waals surface area (Å²) in [7, 11) is 0. The molecule has 2 aromatic rings. The van der Waals surface area contributed by atoms with E-state index in [2.05, 4.69) is 15.1 Å². The lowest BCUT2D eigenvalue weighted by atomic mass is 10.1. The van der Waals surface area contributed by atoms with E-state index in [9.17, 15) is 9.18 Å². The molecule has 3 rings (SSSR count). The van der Waals surface area contributed by atoms with Gasteiger partial charge in [0.2, 0.25) is 5.95 Å². The van der Waals surface area contributed by atoms with Crippen LogP contribution in [-0.4, -0.2) is 59.1 Å². The number of aliphatic hydroxyl groups excluding tert-OH is 1. The van der Waals surface area contributed by atoms with Gasteiger partial charge in [0.25, 0.3) is 0 Å². The summed E-state index contributed by atoms with van der Waals surface area (Å²) in [5.74, 6) is -0.641. The summed E-state index contributed by atoms with van der Waals surface area (Å²) in [4.78, 5) is 26.9. The van der Waals surface area contributed by atoms with Crippen molar-refractivity contribution in [1.82, 2.24) is 15.3 Å². The first-order chi connectivity index (χ1) is 15.0. The highest BCUT2D eigenvalue weighted by Gasteiger charge is 2.25. The molecule has 0 bridgehead atoms. The molecule has 11 nitrogen and oxygen atoms in total. The van der Waals surface area contributed by atoms with E-state index in [0.717, 1.165) is 5.71 Å². The fraction of sp³-hybridized carbons (Fsp3) is 0.316. The van der Waals surface area contributed by atoms with Gasteiger partial charge < -0.3 is 25.3 Å². The Hall–Kier alpha value is -3.80. The van der Waals surface area contributed by atoms with Crippen molar-refractivity contribution in [2.75, 3.05) is 31.2 Å². The lowest BCUT2D eigenvalue weighted by Crippen LogP contribution is -2.48. The van der Waals surface area contributed by atoms with Crippen LogP contribution in [0.2, 0.25) is 0 Å². The van der Waals surface area contributed by atoms with Crippen molar-refractivity contribution in [3.8, 4) is 11.1 Å². The smallest absolute Gasteiger partial charge is 0.414 e. The maximum atomic E-state index is 14.8. The Labute approximate surface area is 177 Å². The van der Waals surface area contributed by atoms with Crippen LogP contribution in [-0.2, 0) is 16.2 Å². The van der Waals surface area contributed by atoms with Gasteiger partial charge in [0, 0.05) is 42.1 Å². The zero-order chi connectivity index (χ0) is 22.2. The van der Waals surface area contributed by atoms with Gasteiger partial charge in [-0.1, -0.05) is 23.4 Å². The van der Waals surface area contributed by atoms with Crippen molar-refractivity contribution in [1.29, 1.82) is 5.41 Å². The fourth-order valence-electron chi connectivity index (χ4n) is 2.69. The van der Waals surface area contributed by atoms with Crippen LogP contribution >= 0.6 is 0 Å². The average molecular weight is 431 g/mol. The van der Waals surface area contributed by atoms with Gasteiger partial charge in [0.15, 0.2) is 5.96 Å². The molecule has 0 unspecified atom stereocenters. The van der Waals surface area contributed by atoms with Gasteiger partial charge in [-0.3, -0.25) is 10.7 Å². The SMILES string of the molecule is N=C(N)NC(=O)OCc1cccc(-c2cnc(N3CC(=NOCCCO)C3)nc2)c1F. The number of aromatic nitrogens is 2. The molecule has 1 fully saturated rings. The molecule has 31 heavy (non-hydrogen) atoms. The van der Waals surface area contributed by atoms with Crippen molar-refractivity contribution in [3.05, 3.63) is 42.0 Å². The molecule has 5 N–H and O–H groups in total. The number of aliphatic hydroxyl groups is 1. The standard InChI is InChI=1S/C19H22FN7O4/c20-16-12(11-30-19(29)25-17(21)22)3-1-4-15(16)13-7-23-18(24-8-13)27-9-14(10-27)26-31-6-2-5-28/h1,3-4,7-8,28H,2,5-6,9-11H2,(H4,21,22,25,29). The quantitative estimate of drug-likeness (QED) is 0.208. The lowest BCUT2D eigenvalue weighted by molar-refractivity contribution is 0.122. The highest BCUT2D eigenvalue weighted by molar-refractivity contribution is 5.98. The Kier molecular flexibility index (Phi) is 7.27. The zero-order valence-electron chi connectivity index (χ0n) is 16.5. The molecular formula is C19H22FN7O4. The highest BCUT2D eigenvalue weighted by Crippen LogP contribution is 2.25. The average Bonchev–Trinajstić information content (AvgIpc) is 2.71. The number of rotatable bonds is 8. The van der Waals surface area contributed by atoms with E-state index in [-0.39, 0.29) is 24.3 Å². The first-order valence-corrected chi connectivity index (χ1v) is 9.39. The minimum Gasteiger partial charge on any atom is -0.444 e. The first-order valence-electron chi connectivity index (χ1n) is 9.39. The number of guanidine groups is 1. The van der Waals surface area contributed by atoms with E-state index in [1.807, 2.05) is 10.2 Å². The summed E-state index contributed by atoms with van der Waals surface area (Å²) in [6.07, 6.45) is 2.61. The van der Waals surface area contributed by atoms with Crippen LogP contribution in [0.25, 0.3) is 11.1 Å².